The van der Waals surface area contributed by atoms with Crippen molar-refractivity contribution in [3.05, 3.63) is 42.6 Å². The van der Waals surface area contributed by atoms with Crippen LogP contribution in [0.25, 0.3) is 22.3 Å². The number of aryl methyl sites for hydroxylation is 2. The van der Waals surface area contributed by atoms with Gasteiger partial charge in [-0.25, -0.2) is 4.98 Å². The highest BCUT2D eigenvalue weighted by Crippen LogP contribution is 2.31. The van der Waals surface area contributed by atoms with E-state index in [4.69, 9.17) is 9.84 Å². The monoisotopic (exact) mass is 389 g/mol. The maximum absolute atomic E-state index is 5.52. The molecule has 1 N–H and O–H groups in total. The van der Waals surface area contributed by atoms with Gasteiger partial charge in [-0.2, -0.15) is 10.2 Å². The third-order valence-electron chi connectivity index (χ3n) is 5.39. The van der Waals surface area contributed by atoms with Gasteiger partial charge >= 0.3 is 0 Å². The van der Waals surface area contributed by atoms with E-state index < -0.39 is 0 Å². The summed E-state index contributed by atoms with van der Waals surface area (Å²) >= 11 is 0. The van der Waals surface area contributed by atoms with E-state index in [1.807, 2.05) is 30.9 Å². The molecule has 1 aliphatic rings. The molecule has 1 saturated heterocycles. The average molecular weight is 389 g/mol. The van der Waals surface area contributed by atoms with E-state index >= 15 is 0 Å². The van der Waals surface area contributed by atoms with Gasteiger partial charge in [0.2, 0.25) is 0 Å². The normalized spacial score (nSPS) is 13.6. The molecule has 0 unspecified atom stereocenters. The van der Waals surface area contributed by atoms with Gasteiger partial charge < -0.3 is 15.0 Å². The second kappa shape index (κ2) is 6.80. The van der Waals surface area contributed by atoms with Crippen molar-refractivity contribution < 1.29 is 4.74 Å². The number of aromatic nitrogens is 5. The third-order valence-corrected chi connectivity index (χ3v) is 5.39. The number of ether oxygens (including phenoxy) is 1. The summed E-state index contributed by atoms with van der Waals surface area (Å²) < 4.78 is 9.08. The van der Waals surface area contributed by atoms with E-state index in [2.05, 4.69) is 44.6 Å². The highest BCUT2D eigenvalue weighted by Gasteiger charge is 2.16. The predicted octanol–water partition coefficient (Wildman–Crippen LogP) is 3.33. The lowest BCUT2D eigenvalue weighted by molar-refractivity contribution is 0.419. The zero-order chi connectivity index (χ0) is 20.0. The molecule has 0 spiro atoms. The van der Waals surface area contributed by atoms with Gasteiger partial charge in [-0.3, -0.25) is 9.36 Å². The minimum Gasteiger partial charge on any atom is -0.496 e. The standard InChI is InChI=1S/C21H23N7O/c1-26-20(23-19-12-18(29-3)16-13-22-27(2)21(16)24-19)11-17(25-26)14-6-4-7-15(10-14)28-8-5-9-28/h4,6-7,10-13H,5,8-9H2,1-3H3,(H,23,24). The first kappa shape index (κ1) is 17.5. The van der Waals surface area contributed by atoms with E-state index in [9.17, 15) is 0 Å². The van der Waals surface area contributed by atoms with Crippen LogP contribution in [0.4, 0.5) is 17.3 Å². The van der Waals surface area contributed by atoms with Crippen LogP contribution in [0.5, 0.6) is 5.75 Å². The molecule has 5 rings (SSSR count). The van der Waals surface area contributed by atoms with Crippen LogP contribution in [0.3, 0.4) is 0 Å². The molecule has 0 radical (unpaired) electrons. The molecular weight excluding hydrogens is 366 g/mol. The molecule has 29 heavy (non-hydrogen) atoms. The second-order valence-electron chi connectivity index (χ2n) is 7.27. The Bertz CT molecular complexity index is 1190. The molecule has 0 atom stereocenters. The van der Waals surface area contributed by atoms with Gasteiger partial charge in [-0.15, -0.1) is 0 Å². The highest BCUT2D eigenvalue weighted by atomic mass is 16.5. The summed E-state index contributed by atoms with van der Waals surface area (Å²) in [6.45, 7) is 2.25. The molecule has 4 aromatic rings. The Hall–Kier alpha value is -3.55. The molecule has 8 nitrogen and oxygen atoms in total. The molecule has 1 aliphatic heterocycles. The van der Waals surface area contributed by atoms with Crippen LogP contribution < -0.4 is 15.0 Å². The molecule has 0 aliphatic carbocycles. The number of nitrogens with zero attached hydrogens (tertiary/aromatic N) is 6. The van der Waals surface area contributed by atoms with Crippen molar-refractivity contribution in [3.63, 3.8) is 0 Å². The first-order valence-corrected chi connectivity index (χ1v) is 9.65. The Morgan fingerprint density at radius 2 is 1.93 bits per heavy atom. The quantitative estimate of drug-likeness (QED) is 0.564. The van der Waals surface area contributed by atoms with Crippen LogP contribution >= 0.6 is 0 Å². The minimum absolute atomic E-state index is 0.682. The fraction of sp³-hybridized carbons (Fsp3) is 0.286. The van der Waals surface area contributed by atoms with Gasteiger partial charge in [0, 0.05) is 50.6 Å². The lowest BCUT2D eigenvalue weighted by Gasteiger charge is -2.33. The van der Waals surface area contributed by atoms with Crippen LogP contribution in [0.2, 0.25) is 0 Å². The fourth-order valence-corrected chi connectivity index (χ4v) is 3.61. The molecule has 3 aromatic heterocycles. The van der Waals surface area contributed by atoms with Gasteiger partial charge in [0.05, 0.1) is 24.4 Å². The van der Waals surface area contributed by atoms with Crippen molar-refractivity contribution in [2.45, 2.75) is 6.42 Å². The lowest BCUT2D eigenvalue weighted by atomic mass is 10.1. The number of hydrogen-bond donors (Lipinski definition) is 1. The van der Waals surface area contributed by atoms with Crippen LogP contribution in [-0.4, -0.2) is 44.7 Å². The summed E-state index contributed by atoms with van der Waals surface area (Å²) in [5.41, 5.74) is 4.04. The molecule has 8 heteroatoms. The van der Waals surface area contributed by atoms with Crippen molar-refractivity contribution in [1.29, 1.82) is 0 Å². The molecule has 4 heterocycles. The maximum Gasteiger partial charge on any atom is 0.163 e. The van der Waals surface area contributed by atoms with E-state index in [0.29, 0.717) is 5.82 Å². The van der Waals surface area contributed by atoms with Crippen LogP contribution in [0.15, 0.2) is 42.6 Å². The fourth-order valence-electron chi connectivity index (χ4n) is 3.61. The number of fused-ring (bicyclic) bond motifs is 1. The van der Waals surface area contributed by atoms with Crippen LogP contribution in [0, 0.1) is 0 Å². The summed E-state index contributed by atoms with van der Waals surface area (Å²) in [5, 5.41) is 13.2. The SMILES string of the molecule is COc1cc(Nc2cc(-c3cccc(N4CCC4)c3)nn2C)nc2c1cnn2C. The van der Waals surface area contributed by atoms with Crippen LogP contribution in [0.1, 0.15) is 6.42 Å². The number of rotatable bonds is 5. The predicted molar refractivity (Wildman–Crippen MR) is 114 cm³/mol. The van der Waals surface area contributed by atoms with Crippen LogP contribution in [-0.2, 0) is 14.1 Å². The highest BCUT2D eigenvalue weighted by molar-refractivity contribution is 5.84. The number of benzene rings is 1. The van der Waals surface area contributed by atoms with E-state index in [-0.39, 0.29) is 0 Å². The lowest BCUT2D eigenvalue weighted by Crippen LogP contribution is -2.36. The Balaban J connectivity index is 1.47. The minimum atomic E-state index is 0.682. The summed E-state index contributed by atoms with van der Waals surface area (Å²) in [6.07, 6.45) is 3.03. The third kappa shape index (κ3) is 3.06. The Labute approximate surface area is 168 Å². The molecular formula is C21H23N7O. The summed E-state index contributed by atoms with van der Waals surface area (Å²) in [6, 6.07) is 12.5. The Morgan fingerprint density at radius 3 is 2.69 bits per heavy atom. The summed E-state index contributed by atoms with van der Waals surface area (Å²) in [5.74, 6) is 2.27. The van der Waals surface area contributed by atoms with E-state index in [1.165, 1.54) is 12.1 Å². The second-order valence-corrected chi connectivity index (χ2v) is 7.27. The molecule has 148 valence electrons. The van der Waals surface area contributed by atoms with Crippen molar-refractivity contribution >= 4 is 28.4 Å². The Morgan fingerprint density at radius 1 is 1.07 bits per heavy atom. The molecule has 0 saturated carbocycles. The first-order chi connectivity index (χ1) is 14.1. The van der Waals surface area contributed by atoms with E-state index in [0.717, 1.165) is 46.9 Å². The summed E-state index contributed by atoms with van der Waals surface area (Å²) in [7, 11) is 5.44. The van der Waals surface area contributed by atoms with Gasteiger partial charge in [0.15, 0.2) is 5.65 Å². The summed E-state index contributed by atoms with van der Waals surface area (Å²) in [4.78, 5) is 7.06. The first-order valence-electron chi connectivity index (χ1n) is 9.65. The number of nitrogens with one attached hydrogen (secondary N) is 1. The number of anilines is 3. The number of methoxy groups -OCH3 is 1. The van der Waals surface area contributed by atoms with Gasteiger partial charge in [-0.1, -0.05) is 12.1 Å². The average Bonchev–Trinajstić information content (AvgIpc) is 3.23. The Kier molecular flexibility index (Phi) is 4.12. The van der Waals surface area contributed by atoms with E-state index in [1.54, 1.807) is 18.0 Å². The van der Waals surface area contributed by atoms with Gasteiger partial charge in [0.25, 0.3) is 0 Å². The molecule has 1 aromatic carbocycles. The topological polar surface area (TPSA) is 73.0 Å². The van der Waals surface area contributed by atoms with Gasteiger partial charge in [-0.05, 0) is 18.6 Å². The zero-order valence-electron chi connectivity index (χ0n) is 16.8. The molecule has 0 bridgehead atoms. The zero-order valence-corrected chi connectivity index (χ0v) is 16.8. The molecule has 0 amide bonds. The van der Waals surface area contributed by atoms with Crippen molar-refractivity contribution in [3.8, 4) is 17.0 Å². The smallest absolute Gasteiger partial charge is 0.163 e. The molecule has 1 fully saturated rings. The maximum atomic E-state index is 5.52. The van der Waals surface area contributed by atoms with Gasteiger partial charge in [0.1, 0.15) is 17.4 Å². The number of pyridine rings is 1. The largest absolute Gasteiger partial charge is 0.496 e. The van der Waals surface area contributed by atoms with Crippen molar-refractivity contribution in [2.75, 3.05) is 30.4 Å². The van der Waals surface area contributed by atoms with Crippen molar-refractivity contribution in [1.82, 2.24) is 24.5 Å². The van der Waals surface area contributed by atoms with Crippen molar-refractivity contribution in [2.24, 2.45) is 14.1 Å². The number of hydrogen-bond acceptors (Lipinski definition) is 6.